The van der Waals surface area contributed by atoms with Crippen LogP contribution < -0.4 is 0 Å². The van der Waals surface area contributed by atoms with Crippen molar-refractivity contribution in [3.8, 4) is 0 Å². The van der Waals surface area contributed by atoms with Gasteiger partial charge in [-0.3, -0.25) is 9.59 Å². The predicted molar refractivity (Wildman–Crippen MR) is 111 cm³/mol. The number of ether oxygens (including phenoxy) is 1. The van der Waals surface area contributed by atoms with E-state index in [1.54, 1.807) is 18.4 Å². The van der Waals surface area contributed by atoms with Gasteiger partial charge in [-0.2, -0.15) is 5.10 Å². The van der Waals surface area contributed by atoms with E-state index < -0.39 is 0 Å². The highest BCUT2D eigenvalue weighted by molar-refractivity contribution is 7.12. The third-order valence-electron chi connectivity index (χ3n) is 4.56. The van der Waals surface area contributed by atoms with Crippen LogP contribution >= 0.6 is 22.9 Å². The lowest BCUT2D eigenvalue weighted by Crippen LogP contribution is -2.41. The summed E-state index contributed by atoms with van der Waals surface area (Å²) in [4.78, 5) is 27.5. The number of hydrogen-bond donors (Lipinski definition) is 0. The third kappa shape index (κ3) is 4.79. The lowest BCUT2D eigenvalue weighted by molar-refractivity contribution is -0.141. The molecule has 0 radical (unpaired) electrons. The largest absolute Gasteiger partial charge is 0.383 e. The van der Waals surface area contributed by atoms with Crippen molar-refractivity contribution in [2.24, 2.45) is 5.10 Å². The van der Waals surface area contributed by atoms with Crippen molar-refractivity contribution in [1.29, 1.82) is 0 Å². The molecule has 2 aromatic rings. The Balaban J connectivity index is 1.85. The van der Waals surface area contributed by atoms with Crippen LogP contribution in [0.4, 0.5) is 0 Å². The van der Waals surface area contributed by atoms with Crippen molar-refractivity contribution in [3.05, 3.63) is 57.2 Å². The molecule has 0 saturated heterocycles. The number of hydrazone groups is 1. The third-order valence-corrected chi connectivity index (χ3v) is 5.73. The van der Waals surface area contributed by atoms with E-state index in [0.717, 1.165) is 16.2 Å². The van der Waals surface area contributed by atoms with E-state index in [9.17, 15) is 9.59 Å². The van der Waals surface area contributed by atoms with Gasteiger partial charge in [0.25, 0.3) is 5.91 Å². The maximum absolute atomic E-state index is 13.1. The van der Waals surface area contributed by atoms with Gasteiger partial charge in [-0.1, -0.05) is 29.8 Å². The first-order valence-corrected chi connectivity index (χ1v) is 10.2. The normalized spacial score (nSPS) is 16.2. The summed E-state index contributed by atoms with van der Waals surface area (Å²) in [5.41, 5.74) is 1.83. The zero-order chi connectivity index (χ0) is 20.1. The average Bonchev–Trinajstić information content (AvgIpc) is 3.35. The highest BCUT2D eigenvalue weighted by Gasteiger charge is 2.34. The summed E-state index contributed by atoms with van der Waals surface area (Å²) < 4.78 is 5.04. The number of benzene rings is 1. The SMILES string of the molecule is COCCN(CC(=O)N1N=C(c2cccs2)C[C@@H]1c1ccc(Cl)cc1)C(C)=O. The molecular formula is C20H22ClN3O3S. The summed E-state index contributed by atoms with van der Waals surface area (Å²) in [5, 5.41) is 8.74. The molecule has 0 bridgehead atoms. The number of carbonyl (C=O) groups is 2. The maximum atomic E-state index is 13.1. The molecule has 1 aliphatic rings. The van der Waals surface area contributed by atoms with Crippen molar-refractivity contribution < 1.29 is 14.3 Å². The molecule has 8 heteroatoms. The van der Waals surface area contributed by atoms with Gasteiger partial charge in [-0.25, -0.2) is 5.01 Å². The molecule has 1 aromatic heterocycles. The van der Waals surface area contributed by atoms with Gasteiger partial charge >= 0.3 is 0 Å². The van der Waals surface area contributed by atoms with Gasteiger partial charge in [0.1, 0.15) is 6.54 Å². The molecule has 148 valence electrons. The van der Waals surface area contributed by atoms with Crippen molar-refractivity contribution >= 4 is 40.5 Å². The van der Waals surface area contributed by atoms with Crippen LogP contribution in [-0.2, 0) is 14.3 Å². The number of halogens is 1. The molecule has 28 heavy (non-hydrogen) atoms. The maximum Gasteiger partial charge on any atom is 0.262 e. The van der Waals surface area contributed by atoms with Crippen LogP contribution in [0.25, 0.3) is 0 Å². The van der Waals surface area contributed by atoms with E-state index in [4.69, 9.17) is 16.3 Å². The fraction of sp³-hybridized carbons (Fsp3) is 0.350. The number of rotatable bonds is 7. The van der Waals surface area contributed by atoms with Gasteiger partial charge in [0.2, 0.25) is 5.91 Å². The Hall–Kier alpha value is -2.22. The molecule has 6 nitrogen and oxygen atoms in total. The zero-order valence-electron chi connectivity index (χ0n) is 15.8. The van der Waals surface area contributed by atoms with Crippen molar-refractivity contribution in [2.75, 3.05) is 26.8 Å². The molecule has 1 aromatic carbocycles. The molecule has 3 rings (SSSR count). The van der Waals surface area contributed by atoms with Crippen molar-refractivity contribution in [2.45, 2.75) is 19.4 Å². The number of hydrogen-bond acceptors (Lipinski definition) is 5. The van der Waals surface area contributed by atoms with E-state index in [0.29, 0.717) is 24.6 Å². The highest BCUT2D eigenvalue weighted by Crippen LogP contribution is 2.34. The summed E-state index contributed by atoms with van der Waals surface area (Å²) in [6.07, 6.45) is 0.617. The number of amides is 2. The van der Waals surface area contributed by atoms with E-state index in [2.05, 4.69) is 5.10 Å². The Labute approximate surface area is 173 Å². The smallest absolute Gasteiger partial charge is 0.262 e. The Kier molecular flexibility index (Phi) is 6.83. The Morgan fingerprint density at radius 2 is 2.07 bits per heavy atom. The summed E-state index contributed by atoms with van der Waals surface area (Å²) in [6, 6.07) is 11.2. The van der Waals surface area contributed by atoms with Gasteiger partial charge in [0.05, 0.1) is 23.2 Å². The van der Waals surface area contributed by atoms with Crippen LogP contribution in [0.15, 0.2) is 46.9 Å². The first kappa shape index (κ1) is 20.5. The number of methoxy groups -OCH3 is 1. The second kappa shape index (κ2) is 9.32. The lowest BCUT2D eigenvalue weighted by Gasteiger charge is -2.26. The minimum Gasteiger partial charge on any atom is -0.383 e. The van der Waals surface area contributed by atoms with Gasteiger partial charge < -0.3 is 9.64 Å². The van der Waals surface area contributed by atoms with Crippen molar-refractivity contribution in [1.82, 2.24) is 9.91 Å². The van der Waals surface area contributed by atoms with Crippen LogP contribution in [0.3, 0.4) is 0 Å². The molecule has 0 spiro atoms. The van der Waals surface area contributed by atoms with Crippen molar-refractivity contribution in [3.63, 3.8) is 0 Å². The Morgan fingerprint density at radius 3 is 2.68 bits per heavy atom. The summed E-state index contributed by atoms with van der Waals surface area (Å²) >= 11 is 7.61. The van der Waals surface area contributed by atoms with Crippen LogP contribution in [0, 0.1) is 0 Å². The summed E-state index contributed by atoms with van der Waals surface area (Å²) in [5.74, 6) is -0.395. The number of nitrogens with zero attached hydrogens (tertiary/aromatic N) is 3. The van der Waals surface area contributed by atoms with Gasteiger partial charge in [-0.15, -0.1) is 11.3 Å². The van der Waals surface area contributed by atoms with E-state index in [1.807, 2.05) is 41.8 Å². The molecule has 0 aliphatic carbocycles. The fourth-order valence-electron chi connectivity index (χ4n) is 3.06. The standard InChI is InChI=1S/C20H22ClN3O3S/c1-14(25)23(9-10-27-2)13-20(26)24-18(15-5-7-16(21)8-6-15)12-17(22-24)19-4-3-11-28-19/h3-8,11,18H,9-10,12-13H2,1-2H3/t18-/m1/s1. The Bertz CT molecular complexity index is 852. The molecular weight excluding hydrogens is 398 g/mol. The lowest BCUT2D eigenvalue weighted by atomic mass is 10.0. The van der Waals surface area contributed by atoms with Crippen LogP contribution in [0.2, 0.25) is 5.02 Å². The zero-order valence-corrected chi connectivity index (χ0v) is 17.4. The first-order chi connectivity index (χ1) is 13.5. The number of thiophene rings is 1. The second-order valence-electron chi connectivity index (χ2n) is 6.47. The fourth-order valence-corrected chi connectivity index (χ4v) is 3.91. The summed E-state index contributed by atoms with van der Waals surface area (Å²) in [7, 11) is 1.56. The molecule has 1 atom stereocenters. The van der Waals surface area contributed by atoms with Crippen LogP contribution in [0.1, 0.15) is 29.8 Å². The van der Waals surface area contributed by atoms with Gasteiger partial charge in [0, 0.05) is 32.0 Å². The predicted octanol–water partition coefficient (Wildman–Crippen LogP) is 3.57. The van der Waals surface area contributed by atoms with Crippen LogP contribution in [-0.4, -0.2) is 54.2 Å². The molecule has 1 aliphatic heterocycles. The quantitative estimate of drug-likeness (QED) is 0.689. The van der Waals surface area contributed by atoms with E-state index >= 15 is 0 Å². The molecule has 2 amide bonds. The first-order valence-electron chi connectivity index (χ1n) is 8.93. The molecule has 0 N–H and O–H groups in total. The van der Waals surface area contributed by atoms with E-state index in [-0.39, 0.29) is 24.4 Å². The topological polar surface area (TPSA) is 62.2 Å². The monoisotopic (exact) mass is 419 g/mol. The molecule has 0 saturated carbocycles. The minimum atomic E-state index is -0.224. The molecule has 0 unspecified atom stereocenters. The van der Waals surface area contributed by atoms with Gasteiger partial charge in [-0.05, 0) is 29.1 Å². The molecule has 0 fully saturated rings. The highest BCUT2D eigenvalue weighted by atomic mass is 35.5. The van der Waals surface area contributed by atoms with Gasteiger partial charge in [0.15, 0.2) is 0 Å². The molecule has 2 heterocycles. The second-order valence-corrected chi connectivity index (χ2v) is 7.85. The van der Waals surface area contributed by atoms with E-state index in [1.165, 1.54) is 16.8 Å². The Morgan fingerprint density at radius 1 is 1.32 bits per heavy atom. The minimum absolute atomic E-state index is 0.0377. The average molecular weight is 420 g/mol. The summed E-state index contributed by atoms with van der Waals surface area (Å²) in [6.45, 7) is 2.14. The van der Waals surface area contributed by atoms with Crippen LogP contribution in [0.5, 0.6) is 0 Å². The number of carbonyl (C=O) groups excluding carboxylic acids is 2.